The quantitative estimate of drug-likeness (QED) is 0.631. The van der Waals surface area contributed by atoms with Crippen LogP contribution in [0.25, 0.3) is 0 Å². The van der Waals surface area contributed by atoms with E-state index in [9.17, 15) is 20.0 Å². The van der Waals surface area contributed by atoms with E-state index in [0.717, 1.165) is 0 Å². The van der Waals surface area contributed by atoms with E-state index in [2.05, 4.69) is 5.32 Å². The molecule has 0 spiro atoms. The number of hydrogen-bond donors (Lipinski definition) is 2. The summed E-state index contributed by atoms with van der Waals surface area (Å²) in [5.74, 6) is -0.299. The summed E-state index contributed by atoms with van der Waals surface area (Å²) in [7, 11) is 1.50. The molecule has 1 amide bonds. The first-order chi connectivity index (χ1) is 9.40. The van der Waals surface area contributed by atoms with Crippen LogP contribution < -0.4 is 10.2 Å². The summed E-state index contributed by atoms with van der Waals surface area (Å²) >= 11 is 0. The highest BCUT2D eigenvalue weighted by Crippen LogP contribution is 2.36. The number of nitro benzene ring substituents is 1. The van der Waals surface area contributed by atoms with Crippen molar-refractivity contribution >= 4 is 17.3 Å². The molecule has 2 rings (SSSR count). The predicted molar refractivity (Wildman–Crippen MR) is 73.9 cm³/mol. The van der Waals surface area contributed by atoms with Crippen LogP contribution in [0.2, 0.25) is 0 Å². The number of nitrogens with zero attached hydrogens (tertiary/aromatic N) is 2. The molecule has 1 aromatic carbocycles. The van der Waals surface area contributed by atoms with Gasteiger partial charge in [0, 0.05) is 31.8 Å². The maximum Gasteiger partial charge on any atom is 0.292 e. The topological polar surface area (TPSA) is 95.7 Å². The van der Waals surface area contributed by atoms with E-state index in [1.54, 1.807) is 4.90 Å². The second-order valence-corrected chi connectivity index (χ2v) is 4.97. The van der Waals surface area contributed by atoms with Gasteiger partial charge < -0.3 is 15.3 Å². The molecule has 2 N–H and O–H groups in total. The minimum absolute atomic E-state index is 0.0594. The molecule has 1 saturated heterocycles. The Morgan fingerprint density at radius 1 is 1.55 bits per heavy atom. The summed E-state index contributed by atoms with van der Waals surface area (Å²) in [6, 6.07) is 4.24. The zero-order valence-corrected chi connectivity index (χ0v) is 11.4. The summed E-state index contributed by atoms with van der Waals surface area (Å²) < 4.78 is 0. The summed E-state index contributed by atoms with van der Waals surface area (Å²) in [4.78, 5) is 23.9. The van der Waals surface area contributed by atoms with Gasteiger partial charge in [0.2, 0.25) is 0 Å². The Labute approximate surface area is 116 Å². The number of carbonyl (C=O) groups excluding carboxylic acids is 1. The van der Waals surface area contributed by atoms with Gasteiger partial charge in [-0.3, -0.25) is 14.9 Å². The molecule has 7 nitrogen and oxygen atoms in total. The summed E-state index contributed by atoms with van der Waals surface area (Å²) in [6.07, 6.45) is 0.590. The van der Waals surface area contributed by atoms with Crippen LogP contribution in [-0.2, 0) is 0 Å². The molecule has 0 atom stereocenters. The monoisotopic (exact) mass is 279 g/mol. The van der Waals surface area contributed by atoms with Crippen molar-refractivity contribution in [2.45, 2.75) is 18.9 Å². The van der Waals surface area contributed by atoms with E-state index in [-0.39, 0.29) is 11.6 Å². The fraction of sp³-hybridized carbons (Fsp3) is 0.462. The van der Waals surface area contributed by atoms with Gasteiger partial charge in [0.1, 0.15) is 5.69 Å². The Morgan fingerprint density at radius 3 is 2.70 bits per heavy atom. The molecule has 0 saturated carbocycles. The Hall–Kier alpha value is -2.15. The fourth-order valence-electron chi connectivity index (χ4n) is 2.27. The van der Waals surface area contributed by atoms with Crippen LogP contribution in [0.3, 0.4) is 0 Å². The number of nitro groups is 1. The van der Waals surface area contributed by atoms with Crippen molar-refractivity contribution in [1.82, 2.24) is 5.32 Å². The first-order valence-electron chi connectivity index (χ1n) is 6.38. The van der Waals surface area contributed by atoms with Gasteiger partial charge in [0.05, 0.1) is 10.5 Å². The van der Waals surface area contributed by atoms with Crippen LogP contribution >= 0.6 is 0 Å². The van der Waals surface area contributed by atoms with Crippen LogP contribution in [-0.4, -0.2) is 41.7 Å². The Kier molecular flexibility index (Phi) is 3.63. The molecule has 7 heteroatoms. The molecule has 1 aliphatic rings. The van der Waals surface area contributed by atoms with Crippen molar-refractivity contribution in [3.8, 4) is 0 Å². The highest BCUT2D eigenvalue weighted by molar-refractivity contribution is 5.95. The summed E-state index contributed by atoms with van der Waals surface area (Å²) in [5, 5.41) is 23.6. The summed E-state index contributed by atoms with van der Waals surface area (Å²) in [5.41, 5.74) is -0.123. The molecule has 1 aromatic rings. The van der Waals surface area contributed by atoms with E-state index < -0.39 is 10.5 Å². The van der Waals surface area contributed by atoms with Crippen LogP contribution in [0.15, 0.2) is 18.2 Å². The highest BCUT2D eigenvalue weighted by atomic mass is 16.6. The zero-order chi connectivity index (χ0) is 14.9. The number of aliphatic hydroxyl groups is 1. The second-order valence-electron chi connectivity index (χ2n) is 4.97. The van der Waals surface area contributed by atoms with Crippen LogP contribution in [0.1, 0.15) is 23.7 Å². The third kappa shape index (κ3) is 2.44. The smallest absolute Gasteiger partial charge is 0.292 e. The fourth-order valence-corrected chi connectivity index (χ4v) is 2.27. The number of β-amino-alcohol motifs (C(OH)–C–C–N with tert-alkyl or cyclic N) is 1. The molecule has 108 valence electrons. The minimum atomic E-state index is -0.795. The lowest BCUT2D eigenvalue weighted by molar-refractivity contribution is -0.384. The average molecular weight is 279 g/mol. The van der Waals surface area contributed by atoms with Crippen molar-refractivity contribution in [3.63, 3.8) is 0 Å². The number of nitrogens with one attached hydrogen (secondary N) is 1. The number of benzene rings is 1. The SMILES string of the molecule is CCC1(O)CN(c2cc(C(=O)NC)ccc2[N+](=O)[O-])C1. The number of anilines is 1. The molecule has 20 heavy (non-hydrogen) atoms. The molecule has 0 aliphatic carbocycles. The van der Waals surface area contributed by atoms with E-state index >= 15 is 0 Å². The van der Waals surface area contributed by atoms with Gasteiger partial charge in [0.25, 0.3) is 11.6 Å². The van der Waals surface area contributed by atoms with Crippen molar-refractivity contribution in [3.05, 3.63) is 33.9 Å². The number of amides is 1. The molecule has 1 heterocycles. The predicted octanol–water partition coefficient (Wildman–Crippen LogP) is 0.915. The normalized spacial score (nSPS) is 16.4. The molecule has 0 radical (unpaired) electrons. The van der Waals surface area contributed by atoms with Crippen LogP contribution in [0.4, 0.5) is 11.4 Å². The summed E-state index contributed by atoms with van der Waals surface area (Å²) in [6.45, 7) is 2.54. The average Bonchev–Trinajstić information content (AvgIpc) is 2.42. The van der Waals surface area contributed by atoms with Gasteiger partial charge >= 0.3 is 0 Å². The number of carbonyl (C=O) groups is 1. The van der Waals surface area contributed by atoms with E-state index in [1.807, 2.05) is 6.92 Å². The van der Waals surface area contributed by atoms with Gasteiger partial charge in [-0.15, -0.1) is 0 Å². The molecule has 0 aromatic heterocycles. The molecule has 1 aliphatic heterocycles. The lowest BCUT2D eigenvalue weighted by Gasteiger charge is -2.47. The van der Waals surface area contributed by atoms with Crippen molar-refractivity contribution in [1.29, 1.82) is 0 Å². The van der Waals surface area contributed by atoms with Crippen molar-refractivity contribution < 1.29 is 14.8 Å². The van der Waals surface area contributed by atoms with Gasteiger partial charge in [0.15, 0.2) is 0 Å². The van der Waals surface area contributed by atoms with E-state index in [4.69, 9.17) is 0 Å². The molecular formula is C13H17N3O4. The maximum atomic E-state index is 11.6. The maximum absolute atomic E-state index is 11.6. The lowest BCUT2D eigenvalue weighted by Crippen LogP contribution is -2.61. The van der Waals surface area contributed by atoms with E-state index in [0.29, 0.717) is 30.8 Å². The highest BCUT2D eigenvalue weighted by Gasteiger charge is 2.41. The van der Waals surface area contributed by atoms with Crippen LogP contribution in [0, 0.1) is 10.1 Å². The Morgan fingerprint density at radius 2 is 2.20 bits per heavy atom. The molecular weight excluding hydrogens is 262 g/mol. The van der Waals surface area contributed by atoms with Crippen molar-refractivity contribution in [2.24, 2.45) is 0 Å². The second kappa shape index (κ2) is 5.09. The lowest BCUT2D eigenvalue weighted by atomic mass is 9.90. The van der Waals surface area contributed by atoms with Crippen LogP contribution in [0.5, 0.6) is 0 Å². The first kappa shape index (κ1) is 14.3. The Balaban J connectivity index is 2.34. The largest absolute Gasteiger partial charge is 0.386 e. The van der Waals surface area contributed by atoms with Gasteiger partial charge in [-0.05, 0) is 18.6 Å². The molecule has 0 unspecified atom stereocenters. The van der Waals surface area contributed by atoms with Crippen molar-refractivity contribution in [2.75, 3.05) is 25.0 Å². The zero-order valence-electron chi connectivity index (χ0n) is 11.4. The Bertz CT molecular complexity index is 553. The van der Waals surface area contributed by atoms with Gasteiger partial charge in [-0.1, -0.05) is 6.92 Å². The first-order valence-corrected chi connectivity index (χ1v) is 6.38. The van der Waals surface area contributed by atoms with E-state index in [1.165, 1.54) is 25.2 Å². The van der Waals surface area contributed by atoms with Gasteiger partial charge in [-0.2, -0.15) is 0 Å². The van der Waals surface area contributed by atoms with Gasteiger partial charge in [-0.25, -0.2) is 0 Å². The number of rotatable bonds is 4. The minimum Gasteiger partial charge on any atom is -0.386 e. The third-order valence-corrected chi connectivity index (χ3v) is 3.63. The third-order valence-electron chi connectivity index (χ3n) is 3.63. The molecule has 0 bridgehead atoms. The standard InChI is InChI=1S/C13H17N3O4/c1-3-13(18)7-15(8-13)11-6-9(12(17)14-2)4-5-10(11)16(19)20/h4-6,18H,3,7-8H2,1-2H3,(H,14,17). The number of hydrogen-bond acceptors (Lipinski definition) is 5. The molecule has 1 fully saturated rings.